The minimum absolute atomic E-state index is 0. The normalized spacial score (nSPS) is 11.4. The van der Waals surface area contributed by atoms with Gasteiger partial charge in [0.15, 0.2) is 6.61 Å². The third-order valence-electron chi connectivity index (χ3n) is 2.85. The lowest BCUT2D eigenvalue weighted by Gasteiger charge is -2.14. The van der Waals surface area contributed by atoms with Crippen molar-refractivity contribution in [3.05, 3.63) is 29.3 Å². The molecule has 1 aromatic carbocycles. The standard InChI is InChI=1S/C15H24N2O2.ClH/c1-5-16-13(4)9-17-15(18)10-19-14-7-6-11(2)8-12(14)3;/h6-8,13,16H,5,9-10H2,1-4H3,(H,17,18);1H/t13-;/m1./s1. The molecule has 0 aromatic heterocycles. The number of carbonyl (C=O) groups excluding carboxylic acids is 1. The van der Waals surface area contributed by atoms with Gasteiger partial charge in [0.1, 0.15) is 5.75 Å². The summed E-state index contributed by atoms with van der Waals surface area (Å²) in [7, 11) is 0. The molecule has 5 heteroatoms. The van der Waals surface area contributed by atoms with Crippen molar-refractivity contribution in [2.24, 2.45) is 0 Å². The molecule has 0 unspecified atom stereocenters. The molecule has 0 saturated heterocycles. The quantitative estimate of drug-likeness (QED) is 0.812. The molecule has 4 nitrogen and oxygen atoms in total. The first-order chi connectivity index (χ1) is 9.02. The minimum Gasteiger partial charge on any atom is -0.484 e. The van der Waals surface area contributed by atoms with Crippen LogP contribution in [-0.2, 0) is 4.79 Å². The highest BCUT2D eigenvalue weighted by Gasteiger charge is 2.06. The Labute approximate surface area is 127 Å². The largest absolute Gasteiger partial charge is 0.484 e. The first-order valence-corrected chi connectivity index (χ1v) is 6.73. The van der Waals surface area contributed by atoms with E-state index in [0.717, 1.165) is 17.9 Å². The van der Waals surface area contributed by atoms with Crippen molar-refractivity contribution < 1.29 is 9.53 Å². The van der Waals surface area contributed by atoms with E-state index in [1.54, 1.807) is 0 Å². The summed E-state index contributed by atoms with van der Waals surface area (Å²) >= 11 is 0. The number of carbonyl (C=O) groups is 1. The Balaban J connectivity index is 0.00000361. The lowest BCUT2D eigenvalue weighted by atomic mass is 10.1. The third kappa shape index (κ3) is 6.78. The summed E-state index contributed by atoms with van der Waals surface area (Å²) in [6.45, 7) is 9.66. The van der Waals surface area contributed by atoms with E-state index < -0.39 is 0 Å². The maximum atomic E-state index is 11.6. The van der Waals surface area contributed by atoms with E-state index in [1.807, 2.05) is 45.9 Å². The second kappa shape index (κ2) is 9.61. The highest BCUT2D eigenvalue weighted by atomic mass is 35.5. The molecule has 0 heterocycles. The number of hydrogen-bond donors (Lipinski definition) is 2. The minimum atomic E-state index is -0.0928. The molecule has 0 aliphatic rings. The van der Waals surface area contributed by atoms with Gasteiger partial charge < -0.3 is 15.4 Å². The van der Waals surface area contributed by atoms with Crippen LogP contribution in [0.25, 0.3) is 0 Å². The molecule has 20 heavy (non-hydrogen) atoms. The van der Waals surface area contributed by atoms with E-state index in [2.05, 4.69) is 10.6 Å². The number of halogens is 1. The van der Waals surface area contributed by atoms with Gasteiger partial charge in [0, 0.05) is 12.6 Å². The van der Waals surface area contributed by atoms with Crippen LogP contribution in [0.5, 0.6) is 5.75 Å². The van der Waals surface area contributed by atoms with Crippen LogP contribution in [0.4, 0.5) is 0 Å². The predicted octanol–water partition coefficient (Wildman–Crippen LogP) is 2.22. The van der Waals surface area contributed by atoms with Gasteiger partial charge in [-0.3, -0.25) is 4.79 Å². The number of rotatable bonds is 7. The van der Waals surface area contributed by atoms with Crippen LogP contribution in [0.3, 0.4) is 0 Å². The summed E-state index contributed by atoms with van der Waals surface area (Å²) in [5.74, 6) is 0.671. The molecule has 1 amide bonds. The van der Waals surface area contributed by atoms with Crippen LogP contribution in [0.15, 0.2) is 18.2 Å². The van der Waals surface area contributed by atoms with Gasteiger partial charge in [-0.15, -0.1) is 12.4 Å². The van der Waals surface area contributed by atoms with Crippen molar-refractivity contribution in [1.82, 2.24) is 10.6 Å². The van der Waals surface area contributed by atoms with Gasteiger partial charge in [0.2, 0.25) is 0 Å². The van der Waals surface area contributed by atoms with Gasteiger partial charge in [-0.05, 0) is 38.9 Å². The van der Waals surface area contributed by atoms with Gasteiger partial charge >= 0.3 is 0 Å². The smallest absolute Gasteiger partial charge is 0.257 e. The van der Waals surface area contributed by atoms with Crippen molar-refractivity contribution in [1.29, 1.82) is 0 Å². The molecule has 0 aliphatic carbocycles. The van der Waals surface area contributed by atoms with Crippen molar-refractivity contribution >= 4 is 18.3 Å². The molecule has 0 bridgehead atoms. The first-order valence-electron chi connectivity index (χ1n) is 6.73. The van der Waals surface area contributed by atoms with E-state index in [-0.39, 0.29) is 31.0 Å². The number of likely N-dealkylation sites (N-methyl/N-ethyl adjacent to an activating group) is 1. The second-order valence-electron chi connectivity index (χ2n) is 4.82. The number of amides is 1. The summed E-state index contributed by atoms with van der Waals surface area (Å²) in [4.78, 5) is 11.6. The Hall–Kier alpha value is -1.26. The number of nitrogens with one attached hydrogen (secondary N) is 2. The number of aryl methyl sites for hydroxylation is 2. The van der Waals surface area contributed by atoms with Gasteiger partial charge in [-0.1, -0.05) is 24.6 Å². The van der Waals surface area contributed by atoms with E-state index >= 15 is 0 Å². The monoisotopic (exact) mass is 300 g/mol. The number of hydrogen-bond acceptors (Lipinski definition) is 3. The fourth-order valence-corrected chi connectivity index (χ4v) is 1.84. The van der Waals surface area contributed by atoms with Crippen molar-refractivity contribution in [2.75, 3.05) is 19.7 Å². The SMILES string of the molecule is CCN[C@H](C)CNC(=O)COc1ccc(C)cc1C.Cl. The Kier molecular flexibility index (Phi) is 9.01. The zero-order valence-corrected chi connectivity index (χ0v) is 13.5. The van der Waals surface area contributed by atoms with E-state index in [9.17, 15) is 4.79 Å². The summed E-state index contributed by atoms with van der Waals surface area (Å²) in [5, 5.41) is 6.08. The zero-order valence-electron chi connectivity index (χ0n) is 12.7. The number of ether oxygens (including phenoxy) is 1. The van der Waals surface area contributed by atoms with Crippen LogP contribution in [0, 0.1) is 13.8 Å². The molecule has 2 N–H and O–H groups in total. The average Bonchev–Trinajstić information content (AvgIpc) is 2.35. The Bertz CT molecular complexity index is 424. The van der Waals surface area contributed by atoms with Crippen LogP contribution in [0.1, 0.15) is 25.0 Å². The lowest BCUT2D eigenvalue weighted by molar-refractivity contribution is -0.123. The molecular weight excluding hydrogens is 276 g/mol. The van der Waals surface area contributed by atoms with Crippen LogP contribution in [-0.4, -0.2) is 31.6 Å². The number of benzene rings is 1. The second-order valence-corrected chi connectivity index (χ2v) is 4.82. The topological polar surface area (TPSA) is 50.4 Å². The maximum absolute atomic E-state index is 11.6. The highest BCUT2D eigenvalue weighted by molar-refractivity contribution is 5.85. The van der Waals surface area contributed by atoms with Gasteiger partial charge in [0.05, 0.1) is 0 Å². The van der Waals surface area contributed by atoms with Crippen molar-refractivity contribution in [3.63, 3.8) is 0 Å². The molecule has 0 saturated carbocycles. The lowest BCUT2D eigenvalue weighted by Crippen LogP contribution is -2.40. The van der Waals surface area contributed by atoms with Crippen LogP contribution in [0.2, 0.25) is 0 Å². The van der Waals surface area contributed by atoms with Crippen LogP contribution >= 0.6 is 12.4 Å². The fraction of sp³-hybridized carbons (Fsp3) is 0.533. The molecular formula is C15H25ClN2O2. The summed E-state index contributed by atoms with van der Waals surface area (Å²) in [6.07, 6.45) is 0. The van der Waals surface area contributed by atoms with Gasteiger partial charge in [0.25, 0.3) is 5.91 Å². The summed E-state index contributed by atoms with van der Waals surface area (Å²) in [5.41, 5.74) is 2.24. The predicted molar refractivity (Wildman–Crippen MR) is 84.8 cm³/mol. The molecule has 0 radical (unpaired) electrons. The van der Waals surface area contributed by atoms with E-state index in [4.69, 9.17) is 4.74 Å². The zero-order chi connectivity index (χ0) is 14.3. The molecule has 1 aromatic rings. The summed E-state index contributed by atoms with van der Waals surface area (Å²) in [6, 6.07) is 6.20. The fourth-order valence-electron chi connectivity index (χ4n) is 1.84. The molecule has 114 valence electrons. The molecule has 1 rings (SSSR count). The van der Waals surface area contributed by atoms with E-state index in [0.29, 0.717) is 6.54 Å². The Morgan fingerprint density at radius 1 is 1.35 bits per heavy atom. The Morgan fingerprint density at radius 3 is 2.65 bits per heavy atom. The van der Waals surface area contributed by atoms with Crippen LogP contribution < -0.4 is 15.4 Å². The third-order valence-corrected chi connectivity index (χ3v) is 2.85. The molecule has 0 fully saturated rings. The average molecular weight is 301 g/mol. The first kappa shape index (κ1) is 18.7. The summed E-state index contributed by atoms with van der Waals surface area (Å²) < 4.78 is 5.51. The van der Waals surface area contributed by atoms with Gasteiger partial charge in [-0.25, -0.2) is 0 Å². The Morgan fingerprint density at radius 2 is 2.05 bits per heavy atom. The van der Waals surface area contributed by atoms with Crippen molar-refractivity contribution in [2.45, 2.75) is 33.7 Å². The van der Waals surface area contributed by atoms with Crippen molar-refractivity contribution in [3.8, 4) is 5.75 Å². The highest BCUT2D eigenvalue weighted by Crippen LogP contribution is 2.18. The van der Waals surface area contributed by atoms with Gasteiger partial charge in [-0.2, -0.15) is 0 Å². The molecule has 0 aliphatic heterocycles. The van der Waals surface area contributed by atoms with E-state index in [1.165, 1.54) is 5.56 Å². The molecule has 1 atom stereocenters. The molecule has 0 spiro atoms. The maximum Gasteiger partial charge on any atom is 0.257 e.